The van der Waals surface area contributed by atoms with E-state index in [4.69, 9.17) is 0 Å². The predicted octanol–water partition coefficient (Wildman–Crippen LogP) is 5.53. The van der Waals surface area contributed by atoms with Crippen LogP contribution in [0.4, 0.5) is 0 Å². The second-order valence-electron chi connectivity index (χ2n) is 6.65. The number of nitrogens with one attached hydrogen (secondary N) is 1. The molecule has 0 aromatic rings. The molecule has 124 valence electrons. The molecular weight excluding hydrogens is 365 g/mol. The maximum atomic E-state index is 11.1. The van der Waals surface area contributed by atoms with Gasteiger partial charge in [0.15, 0.2) is 0 Å². The number of hydrogen-bond donors (Lipinski definition) is 1. The Hall–Kier alpha value is 0.00870. The van der Waals surface area contributed by atoms with Crippen molar-refractivity contribution in [1.29, 1.82) is 0 Å². The molecule has 0 aromatic heterocycles. The standard InChI is InChI=1S/C6H10NO.3C4H9.Sn/c1-5(2)4-7-6(3)8;3*1-3-4-2;/h1-2,4H2,3H3,(H,7,8);3*1,3-4H2,2H3;. The molecule has 21 heavy (non-hydrogen) atoms. The van der Waals surface area contributed by atoms with Crippen LogP contribution < -0.4 is 5.32 Å². The molecular formula is C18H37NOSn. The molecule has 0 atom stereocenters. The SMILES string of the molecule is C=C(CNC(C)=O)[CH2][Sn]([CH2]CCC)([CH2]CCC)[CH2]CCC. The van der Waals surface area contributed by atoms with Crippen molar-refractivity contribution in [2.24, 2.45) is 0 Å². The first-order chi connectivity index (χ1) is 9.99. The molecule has 0 fully saturated rings. The van der Waals surface area contributed by atoms with Gasteiger partial charge in [-0.2, -0.15) is 0 Å². The quantitative estimate of drug-likeness (QED) is 0.319. The van der Waals surface area contributed by atoms with E-state index in [9.17, 15) is 4.79 Å². The molecule has 0 saturated heterocycles. The van der Waals surface area contributed by atoms with Gasteiger partial charge in [-0.3, -0.25) is 0 Å². The van der Waals surface area contributed by atoms with Gasteiger partial charge in [-0.15, -0.1) is 0 Å². The summed E-state index contributed by atoms with van der Waals surface area (Å²) in [5.41, 5.74) is 1.28. The van der Waals surface area contributed by atoms with Crippen LogP contribution in [0.1, 0.15) is 66.2 Å². The van der Waals surface area contributed by atoms with E-state index in [1.807, 2.05) is 0 Å². The maximum absolute atomic E-state index is 11.1. The van der Waals surface area contributed by atoms with Crippen molar-refractivity contribution in [3.8, 4) is 0 Å². The van der Waals surface area contributed by atoms with Gasteiger partial charge >= 0.3 is 137 Å². The summed E-state index contributed by atoms with van der Waals surface area (Å²) in [7, 11) is 0. The number of rotatable bonds is 13. The Morgan fingerprint density at radius 1 is 0.952 bits per heavy atom. The zero-order valence-corrected chi connectivity index (χ0v) is 17.7. The van der Waals surface area contributed by atoms with Crippen molar-refractivity contribution in [2.75, 3.05) is 6.54 Å². The third-order valence-electron chi connectivity index (χ3n) is 4.39. The van der Waals surface area contributed by atoms with E-state index in [1.165, 1.54) is 61.8 Å². The summed E-state index contributed by atoms with van der Waals surface area (Å²) in [5, 5.41) is 2.93. The van der Waals surface area contributed by atoms with Crippen LogP contribution in [0, 0.1) is 0 Å². The average molecular weight is 402 g/mol. The van der Waals surface area contributed by atoms with Crippen molar-refractivity contribution in [1.82, 2.24) is 5.32 Å². The molecule has 3 heteroatoms. The fourth-order valence-corrected chi connectivity index (χ4v) is 19.6. The van der Waals surface area contributed by atoms with Crippen LogP contribution in [-0.4, -0.2) is 30.8 Å². The van der Waals surface area contributed by atoms with Crippen LogP contribution in [0.3, 0.4) is 0 Å². The Kier molecular flexibility index (Phi) is 12.5. The van der Waals surface area contributed by atoms with Gasteiger partial charge in [0.05, 0.1) is 0 Å². The molecule has 0 aliphatic carbocycles. The molecule has 0 heterocycles. The zero-order valence-electron chi connectivity index (χ0n) is 14.9. The van der Waals surface area contributed by atoms with E-state index in [0.29, 0.717) is 6.54 Å². The van der Waals surface area contributed by atoms with Crippen LogP contribution in [0.2, 0.25) is 17.7 Å². The fourth-order valence-electron chi connectivity index (χ4n) is 3.14. The second kappa shape index (κ2) is 12.5. The Balaban J connectivity index is 4.75. The van der Waals surface area contributed by atoms with Crippen molar-refractivity contribution < 1.29 is 4.79 Å². The topological polar surface area (TPSA) is 29.1 Å². The molecule has 0 rings (SSSR count). The Morgan fingerprint density at radius 3 is 1.71 bits per heavy atom. The Labute approximate surface area is 137 Å². The number of amides is 1. The summed E-state index contributed by atoms with van der Waals surface area (Å²) in [6.07, 6.45) is 8.14. The van der Waals surface area contributed by atoms with Gasteiger partial charge < -0.3 is 0 Å². The molecule has 1 N–H and O–H groups in total. The van der Waals surface area contributed by atoms with E-state index in [-0.39, 0.29) is 5.91 Å². The molecule has 0 radical (unpaired) electrons. The summed E-state index contributed by atoms with van der Waals surface area (Å²) in [5.74, 6) is 0.0626. The van der Waals surface area contributed by atoms with Gasteiger partial charge in [0, 0.05) is 0 Å². The Bertz CT molecular complexity index is 280. The summed E-state index contributed by atoms with van der Waals surface area (Å²) < 4.78 is 5.84. The fraction of sp³-hybridized carbons (Fsp3) is 0.833. The summed E-state index contributed by atoms with van der Waals surface area (Å²) in [4.78, 5) is 11.1. The van der Waals surface area contributed by atoms with Crippen LogP contribution in [0.15, 0.2) is 12.2 Å². The van der Waals surface area contributed by atoms with Crippen LogP contribution in [0.5, 0.6) is 0 Å². The molecule has 0 aromatic carbocycles. The van der Waals surface area contributed by atoms with E-state index in [2.05, 4.69) is 32.7 Å². The number of unbranched alkanes of at least 4 members (excludes halogenated alkanes) is 3. The third-order valence-corrected chi connectivity index (χ3v) is 20.1. The first-order valence-corrected chi connectivity index (χ1v) is 17.0. The molecule has 0 spiro atoms. The van der Waals surface area contributed by atoms with Crippen molar-refractivity contribution >= 4 is 24.3 Å². The zero-order chi connectivity index (χ0) is 16.1. The summed E-state index contributed by atoms with van der Waals surface area (Å²) in [6, 6.07) is 0. The minimum absolute atomic E-state index is 0.0626. The monoisotopic (exact) mass is 403 g/mol. The molecule has 2 nitrogen and oxygen atoms in total. The van der Waals surface area contributed by atoms with E-state index < -0.39 is 18.4 Å². The van der Waals surface area contributed by atoms with Crippen molar-refractivity contribution in [3.63, 3.8) is 0 Å². The summed E-state index contributed by atoms with van der Waals surface area (Å²) >= 11 is -2.09. The van der Waals surface area contributed by atoms with Gasteiger partial charge in [-0.05, 0) is 0 Å². The first kappa shape index (κ1) is 21.0. The molecule has 1 amide bonds. The van der Waals surface area contributed by atoms with Crippen LogP contribution in [-0.2, 0) is 4.79 Å². The first-order valence-electron chi connectivity index (χ1n) is 8.90. The normalized spacial score (nSPS) is 11.4. The second-order valence-corrected chi connectivity index (χ2v) is 20.5. The summed E-state index contributed by atoms with van der Waals surface area (Å²) in [6.45, 7) is 13.5. The average Bonchev–Trinajstić information content (AvgIpc) is 2.46. The van der Waals surface area contributed by atoms with Crippen LogP contribution in [0.25, 0.3) is 0 Å². The Morgan fingerprint density at radius 2 is 1.38 bits per heavy atom. The van der Waals surface area contributed by atoms with Gasteiger partial charge in [0.2, 0.25) is 0 Å². The van der Waals surface area contributed by atoms with Crippen molar-refractivity contribution in [3.05, 3.63) is 12.2 Å². The van der Waals surface area contributed by atoms with E-state index >= 15 is 0 Å². The van der Waals surface area contributed by atoms with Gasteiger partial charge in [-0.1, -0.05) is 0 Å². The van der Waals surface area contributed by atoms with Gasteiger partial charge in [0.1, 0.15) is 0 Å². The molecule has 0 aliphatic rings. The van der Waals surface area contributed by atoms with Gasteiger partial charge in [0.25, 0.3) is 0 Å². The minimum atomic E-state index is -2.09. The molecule has 0 aliphatic heterocycles. The molecule has 0 bridgehead atoms. The molecule has 0 unspecified atom stereocenters. The van der Waals surface area contributed by atoms with E-state index in [1.54, 1.807) is 6.92 Å². The van der Waals surface area contributed by atoms with Crippen molar-refractivity contribution in [2.45, 2.75) is 84.0 Å². The number of carbonyl (C=O) groups excluding carboxylic acids is 1. The predicted molar refractivity (Wildman–Crippen MR) is 97.5 cm³/mol. The van der Waals surface area contributed by atoms with Gasteiger partial charge in [-0.25, -0.2) is 0 Å². The third kappa shape index (κ3) is 10.4. The number of carbonyl (C=O) groups is 1. The molecule has 0 saturated carbocycles. The van der Waals surface area contributed by atoms with Crippen LogP contribution >= 0.6 is 0 Å². The van der Waals surface area contributed by atoms with E-state index in [0.717, 1.165) is 0 Å². The number of hydrogen-bond acceptors (Lipinski definition) is 1.